The van der Waals surface area contributed by atoms with Gasteiger partial charge in [0, 0.05) is 56.3 Å². The number of rotatable bonds is 7. The normalized spacial score (nSPS) is 25.6. The molecule has 0 radical (unpaired) electrons. The molecule has 0 spiro atoms. The number of benzene rings is 2. The molecule has 2 aromatic heterocycles. The van der Waals surface area contributed by atoms with E-state index in [1.54, 1.807) is 0 Å². The molecule has 4 aliphatic rings. The third-order valence-electron chi connectivity index (χ3n) is 10.2. The van der Waals surface area contributed by atoms with Crippen LogP contribution in [0.4, 0.5) is 19.0 Å². The predicted molar refractivity (Wildman–Crippen MR) is 165 cm³/mol. The minimum absolute atomic E-state index is 0.00415. The summed E-state index contributed by atoms with van der Waals surface area (Å²) in [5, 5.41) is 4.53. The van der Waals surface area contributed by atoms with Crippen molar-refractivity contribution in [3.05, 3.63) is 47.7 Å². The molecule has 236 valence electrons. The van der Waals surface area contributed by atoms with Crippen LogP contribution in [0.3, 0.4) is 0 Å². The number of halogens is 3. The first-order valence-corrected chi connectivity index (χ1v) is 15.5. The van der Waals surface area contributed by atoms with E-state index >= 15 is 4.39 Å². The second-order valence-electron chi connectivity index (χ2n) is 12.8. The highest BCUT2D eigenvalue weighted by atomic mass is 19.1. The Bertz CT molecular complexity index is 1920. The Balaban J connectivity index is 1.28. The molecule has 46 heavy (non-hydrogen) atoms. The van der Waals surface area contributed by atoms with Gasteiger partial charge in [0.05, 0.1) is 16.5 Å². The van der Waals surface area contributed by atoms with E-state index in [-0.39, 0.29) is 52.6 Å². The lowest BCUT2D eigenvalue weighted by molar-refractivity contribution is -0.120. The summed E-state index contributed by atoms with van der Waals surface area (Å²) in [6, 6.07) is 5.61. The lowest BCUT2D eigenvalue weighted by Crippen LogP contribution is -2.43. The van der Waals surface area contributed by atoms with Gasteiger partial charge in [0.1, 0.15) is 41.4 Å². The van der Waals surface area contributed by atoms with Crippen molar-refractivity contribution in [1.82, 2.24) is 25.2 Å². The molecule has 12 heteroatoms. The van der Waals surface area contributed by atoms with Gasteiger partial charge in [0.15, 0.2) is 5.82 Å². The number of anilines is 1. The van der Waals surface area contributed by atoms with Gasteiger partial charge in [-0.1, -0.05) is 12.0 Å². The maximum absolute atomic E-state index is 16.9. The van der Waals surface area contributed by atoms with E-state index in [0.29, 0.717) is 41.4 Å². The van der Waals surface area contributed by atoms with Crippen LogP contribution in [0.5, 0.6) is 11.8 Å². The van der Waals surface area contributed by atoms with Gasteiger partial charge in [-0.25, -0.2) is 13.2 Å². The van der Waals surface area contributed by atoms with E-state index < -0.39 is 23.3 Å². The highest BCUT2D eigenvalue weighted by Gasteiger charge is 2.49. The quantitative estimate of drug-likeness (QED) is 0.238. The summed E-state index contributed by atoms with van der Waals surface area (Å²) in [7, 11) is 0. The van der Waals surface area contributed by atoms with Crippen molar-refractivity contribution >= 4 is 34.0 Å². The van der Waals surface area contributed by atoms with E-state index in [1.165, 1.54) is 30.5 Å². The van der Waals surface area contributed by atoms with Crippen LogP contribution >= 0.6 is 0 Å². The largest absolute Gasteiger partial charge is 0.461 e. The van der Waals surface area contributed by atoms with E-state index in [1.807, 2.05) is 0 Å². The molecule has 4 atom stereocenters. The molecule has 4 saturated heterocycles. The van der Waals surface area contributed by atoms with Crippen LogP contribution in [0, 0.1) is 35.8 Å². The van der Waals surface area contributed by atoms with Gasteiger partial charge in [0.25, 0.3) is 6.47 Å². The number of ether oxygens (including phenoxy) is 2. The number of alkyl halides is 1. The zero-order valence-corrected chi connectivity index (χ0v) is 24.9. The van der Waals surface area contributed by atoms with Crippen molar-refractivity contribution in [3.8, 4) is 35.4 Å². The summed E-state index contributed by atoms with van der Waals surface area (Å²) in [5.74, 6) is 2.43. The number of carbonyl (C=O) groups excluding carboxylic acids is 1. The molecule has 0 bridgehead atoms. The van der Waals surface area contributed by atoms with Crippen LogP contribution in [0.15, 0.2) is 30.5 Å². The Morgan fingerprint density at radius 3 is 2.76 bits per heavy atom. The Hall–Kier alpha value is -4.47. The Morgan fingerprint density at radius 2 is 1.98 bits per heavy atom. The minimum atomic E-state index is -0.924. The summed E-state index contributed by atoms with van der Waals surface area (Å²) >= 11 is 0. The fourth-order valence-electron chi connectivity index (χ4n) is 8.06. The van der Waals surface area contributed by atoms with Crippen molar-refractivity contribution in [1.29, 1.82) is 0 Å². The van der Waals surface area contributed by atoms with Gasteiger partial charge in [0.2, 0.25) is 0 Å². The molecule has 2 unspecified atom stereocenters. The summed E-state index contributed by atoms with van der Waals surface area (Å²) in [6.45, 7) is 4.88. The smallest absolute Gasteiger partial charge is 0.319 e. The van der Waals surface area contributed by atoms with Gasteiger partial charge in [-0.05, 0) is 54.8 Å². The van der Waals surface area contributed by atoms with Crippen LogP contribution in [0.2, 0.25) is 0 Å². The molecule has 1 N–H and O–H groups in total. The van der Waals surface area contributed by atoms with E-state index in [2.05, 4.69) is 31.0 Å². The topological polar surface area (TPSA) is 92.7 Å². The standard InChI is InChI=1S/C34H31F3N6O3/c1-2-24-27(36)5-4-19-8-23(46-18-44)9-25(28(19)24)30-29(37)31-26(13-39-30)32(42-14-20-11-38-12-21(20)15-42)41-33(40-31)45-17-34-6-3-7-43(34)16-22(35)10-34/h1,4-5,8-9,13,18,20-22,38H,3,6-7,10-12,14-17H2/t20?,21?,22-,34+/m1/s1. The van der Waals surface area contributed by atoms with Crippen LogP contribution in [-0.4, -0.2) is 83.9 Å². The number of fused-ring (bicyclic) bond motifs is 4. The first-order chi connectivity index (χ1) is 22.4. The second kappa shape index (κ2) is 11.1. The van der Waals surface area contributed by atoms with Crippen molar-refractivity contribution in [2.24, 2.45) is 11.8 Å². The number of carbonyl (C=O) groups is 1. The van der Waals surface area contributed by atoms with Crippen molar-refractivity contribution < 1.29 is 27.4 Å². The molecule has 4 fully saturated rings. The van der Waals surface area contributed by atoms with E-state index in [9.17, 15) is 13.6 Å². The van der Waals surface area contributed by atoms with Gasteiger partial charge in [-0.3, -0.25) is 14.7 Å². The highest BCUT2D eigenvalue weighted by Crippen LogP contribution is 2.42. The van der Waals surface area contributed by atoms with Gasteiger partial charge < -0.3 is 19.7 Å². The van der Waals surface area contributed by atoms with Gasteiger partial charge in [-0.2, -0.15) is 9.97 Å². The molecular weight excluding hydrogens is 597 g/mol. The molecular formula is C34H31F3N6O3. The highest BCUT2D eigenvalue weighted by molar-refractivity contribution is 6.03. The lowest BCUT2D eigenvalue weighted by atomic mass is 9.95. The number of nitrogens with zero attached hydrogens (tertiary/aromatic N) is 5. The molecule has 6 heterocycles. The van der Waals surface area contributed by atoms with Crippen molar-refractivity contribution in [3.63, 3.8) is 0 Å². The first kappa shape index (κ1) is 29.0. The molecule has 2 aromatic carbocycles. The van der Waals surface area contributed by atoms with Crippen LogP contribution in [0.25, 0.3) is 32.9 Å². The summed E-state index contributed by atoms with van der Waals surface area (Å²) in [4.78, 5) is 29.3. The average molecular weight is 629 g/mol. The Morgan fingerprint density at radius 1 is 1.15 bits per heavy atom. The van der Waals surface area contributed by atoms with Crippen LogP contribution in [0.1, 0.15) is 24.8 Å². The monoisotopic (exact) mass is 628 g/mol. The Kier molecular flexibility index (Phi) is 6.99. The molecule has 0 aliphatic carbocycles. The molecule has 9 nitrogen and oxygen atoms in total. The molecule has 4 aliphatic heterocycles. The molecule has 0 saturated carbocycles. The minimum Gasteiger partial charge on any atom is -0.461 e. The summed E-state index contributed by atoms with van der Waals surface area (Å²) in [5.41, 5.74) is -0.538. The van der Waals surface area contributed by atoms with Crippen molar-refractivity contribution in [2.45, 2.75) is 31.0 Å². The predicted octanol–water partition coefficient (Wildman–Crippen LogP) is 4.25. The zero-order valence-electron chi connectivity index (χ0n) is 24.9. The summed E-state index contributed by atoms with van der Waals surface area (Å²) < 4.78 is 57.6. The first-order valence-electron chi connectivity index (χ1n) is 15.5. The Labute approximate surface area is 263 Å². The number of hydrogen-bond acceptors (Lipinski definition) is 9. The van der Waals surface area contributed by atoms with E-state index in [0.717, 1.165) is 45.6 Å². The fraction of sp³-hybridized carbons (Fsp3) is 0.412. The van der Waals surface area contributed by atoms with Crippen molar-refractivity contribution in [2.75, 3.05) is 50.8 Å². The maximum atomic E-state index is 16.9. The number of hydrogen-bond donors (Lipinski definition) is 1. The molecule has 8 rings (SSSR count). The molecule has 0 amide bonds. The van der Waals surface area contributed by atoms with Crippen LogP contribution in [-0.2, 0) is 4.79 Å². The maximum Gasteiger partial charge on any atom is 0.319 e. The fourth-order valence-corrected chi connectivity index (χ4v) is 8.06. The third kappa shape index (κ3) is 4.63. The lowest BCUT2D eigenvalue weighted by Gasteiger charge is -2.31. The van der Waals surface area contributed by atoms with E-state index in [4.69, 9.17) is 20.9 Å². The number of terminal acetylenes is 1. The molecule has 4 aromatic rings. The van der Waals surface area contributed by atoms with Gasteiger partial charge >= 0.3 is 6.01 Å². The number of nitrogens with one attached hydrogen (secondary N) is 1. The second-order valence-corrected chi connectivity index (χ2v) is 12.8. The third-order valence-corrected chi connectivity index (χ3v) is 10.2. The summed E-state index contributed by atoms with van der Waals surface area (Å²) in [6.07, 6.45) is 8.42. The zero-order chi connectivity index (χ0) is 31.6. The average Bonchev–Trinajstić information content (AvgIpc) is 3.81. The number of pyridine rings is 1. The number of aromatic nitrogens is 3. The van der Waals surface area contributed by atoms with Gasteiger partial charge in [-0.15, -0.1) is 6.42 Å². The SMILES string of the molecule is C#Cc1c(F)ccc2cc(OC=O)cc(-c3ncc4c(N5CC6CNCC6C5)nc(OC[C@@]56CCCN5C[C@H](F)C6)nc4c3F)c12. The van der Waals surface area contributed by atoms with Crippen LogP contribution < -0.4 is 19.7 Å².